The van der Waals surface area contributed by atoms with Gasteiger partial charge in [0.25, 0.3) is 0 Å². The van der Waals surface area contributed by atoms with E-state index in [4.69, 9.17) is 10.5 Å². The van der Waals surface area contributed by atoms with Crippen LogP contribution in [0.2, 0.25) is 0 Å². The summed E-state index contributed by atoms with van der Waals surface area (Å²) in [6.45, 7) is 17.2. The van der Waals surface area contributed by atoms with Crippen LogP contribution < -0.4 is 5.73 Å². The molecular weight excluding hydrogens is 262 g/mol. The van der Waals surface area contributed by atoms with Crippen molar-refractivity contribution in [2.45, 2.75) is 92.7 Å². The molecule has 2 N–H and O–H groups in total. The first kappa shape index (κ1) is 20.6. The molecule has 0 spiro atoms. The van der Waals surface area contributed by atoms with Crippen LogP contribution in [0.3, 0.4) is 0 Å². The summed E-state index contributed by atoms with van der Waals surface area (Å²) in [4.78, 5) is 11.9. The largest absolute Gasteiger partial charge is 0.378 e. The van der Waals surface area contributed by atoms with Gasteiger partial charge in [0.2, 0.25) is 0 Å². The zero-order chi connectivity index (χ0) is 16.9. The summed E-state index contributed by atoms with van der Waals surface area (Å²) in [6, 6.07) is 0. The summed E-state index contributed by atoms with van der Waals surface area (Å²) in [5.74, 6) is 0.288. The quantitative estimate of drug-likeness (QED) is 0.653. The van der Waals surface area contributed by atoms with E-state index in [1.807, 2.05) is 13.8 Å². The van der Waals surface area contributed by atoms with Crippen molar-refractivity contribution in [3.63, 3.8) is 0 Å². The summed E-state index contributed by atoms with van der Waals surface area (Å²) in [5, 5.41) is 0. The number of ether oxygens (including phenoxy) is 1. The molecular formula is C18H37NO2. The minimum absolute atomic E-state index is 0.0913. The molecule has 0 heterocycles. The van der Waals surface area contributed by atoms with Crippen molar-refractivity contribution < 1.29 is 9.53 Å². The third kappa shape index (κ3) is 8.57. The molecule has 3 nitrogen and oxygen atoms in total. The molecule has 0 radical (unpaired) electrons. The minimum Gasteiger partial charge on any atom is -0.378 e. The fourth-order valence-electron chi connectivity index (χ4n) is 2.99. The lowest BCUT2D eigenvalue weighted by atomic mass is 9.68. The third-order valence-electron chi connectivity index (χ3n) is 4.49. The highest BCUT2D eigenvalue weighted by molar-refractivity contribution is 5.81. The Balaban J connectivity index is 4.43. The van der Waals surface area contributed by atoms with E-state index in [-0.39, 0.29) is 28.3 Å². The Bertz CT molecular complexity index is 331. The van der Waals surface area contributed by atoms with Crippen LogP contribution in [-0.2, 0) is 9.53 Å². The van der Waals surface area contributed by atoms with Gasteiger partial charge in [-0.05, 0) is 58.8 Å². The zero-order valence-electron chi connectivity index (χ0n) is 15.5. The number of ketones is 1. The molecule has 21 heavy (non-hydrogen) atoms. The van der Waals surface area contributed by atoms with Crippen molar-refractivity contribution >= 4 is 5.78 Å². The number of hydrogen-bond donors (Lipinski definition) is 1. The lowest BCUT2D eigenvalue weighted by Gasteiger charge is -2.37. The van der Waals surface area contributed by atoms with Gasteiger partial charge in [-0.15, -0.1) is 0 Å². The highest BCUT2D eigenvalue weighted by atomic mass is 16.5. The molecule has 0 saturated heterocycles. The van der Waals surface area contributed by atoms with Crippen molar-refractivity contribution in [1.29, 1.82) is 0 Å². The van der Waals surface area contributed by atoms with Crippen LogP contribution in [0.15, 0.2) is 0 Å². The number of carbonyl (C=O) groups excluding carboxylic acids is 1. The maximum atomic E-state index is 11.9. The van der Waals surface area contributed by atoms with Crippen molar-refractivity contribution in [3.8, 4) is 0 Å². The van der Waals surface area contributed by atoms with Crippen LogP contribution in [0.25, 0.3) is 0 Å². The molecule has 0 bridgehead atoms. The van der Waals surface area contributed by atoms with E-state index in [1.165, 1.54) is 0 Å². The molecule has 0 amide bonds. The van der Waals surface area contributed by atoms with Crippen LogP contribution in [0.5, 0.6) is 0 Å². The molecule has 0 aromatic heterocycles. The molecule has 0 fully saturated rings. The Kier molecular flexibility index (Phi) is 7.58. The Labute approximate surface area is 132 Å². The van der Waals surface area contributed by atoms with E-state index in [2.05, 4.69) is 34.6 Å². The zero-order valence-corrected chi connectivity index (χ0v) is 15.5. The summed E-state index contributed by atoms with van der Waals surface area (Å²) in [5.41, 5.74) is 5.66. The lowest BCUT2D eigenvalue weighted by Crippen LogP contribution is -2.35. The number of nitrogens with two attached hydrogens (primary N) is 1. The Morgan fingerprint density at radius 2 is 1.71 bits per heavy atom. The van der Waals surface area contributed by atoms with Crippen molar-refractivity contribution in [3.05, 3.63) is 0 Å². The van der Waals surface area contributed by atoms with Gasteiger partial charge in [-0.2, -0.15) is 0 Å². The van der Waals surface area contributed by atoms with E-state index in [0.717, 1.165) is 25.7 Å². The topological polar surface area (TPSA) is 52.3 Å². The maximum absolute atomic E-state index is 11.9. The van der Waals surface area contributed by atoms with Crippen LogP contribution in [0.4, 0.5) is 0 Å². The number of carbonyl (C=O) groups is 1. The van der Waals surface area contributed by atoms with E-state index < -0.39 is 0 Å². The highest BCUT2D eigenvalue weighted by Crippen LogP contribution is 2.40. The fraction of sp³-hybridized carbons (Fsp3) is 0.944. The normalized spacial score (nSPS) is 17.4. The van der Waals surface area contributed by atoms with Gasteiger partial charge in [-0.1, -0.05) is 27.7 Å². The summed E-state index contributed by atoms with van der Waals surface area (Å²) >= 11 is 0. The molecule has 3 heteroatoms. The van der Waals surface area contributed by atoms with E-state index >= 15 is 0 Å². The average Bonchev–Trinajstić information content (AvgIpc) is 2.25. The minimum atomic E-state index is -0.220. The van der Waals surface area contributed by atoms with E-state index in [0.29, 0.717) is 6.61 Å². The third-order valence-corrected chi connectivity index (χ3v) is 4.49. The predicted molar refractivity (Wildman–Crippen MR) is 90.4 cm³/mol. The summed E-state index contributed by atoms with van der Waals surface area (Å²) in [7, 11) is 0. The van der Waals surface area contributed by atoms with Gasteiger partial charge in [-0.3, -0.25) is 4.79 Å². The van der Waals surface area contributed by atoms with Crippen LogP contribution >= 0.6 is 0 Å². The standard InChI is InChI=1S/C18H37NO2/c1-9-18(8,15(3)20)13-16(4,5)12-14(2)21-11-10-17(6,7)19/h14H,9-13,19H2,1-8H3. The smallest absolute Gasteiger partial charge is 0.135 e. The Hall–Kier alpha value is -0.410. The van der Waals surface area contributed by atoms with Crippen LogP contribution in [0, 0.1) is 10.8 Å². The molecule has 0 aromatic rings. The van der Waals surface area contributed by atoms with Gasteiger partial charge < -0.3 is 10.5 Å². The summed E-state index contributed by atoms with van der Waals surface area (Å²) in [6.07, 6.45) is 3.80. The van der Waals surface area contributed by atoms with Crippen molar-refractivity contribution in [1.82, 2.24) is 0 Å². The Morgan fingerprint density at radius 3 is 2.10 bits per heavy atom. The van der Waals surface area contributed by atoms with Gasteiger partial charge in [0, 0.05) is 17.6 Å². The SMILES string of the molecule is CCC(C)(CC(C)(C)CC(C)OCCC(C)(C)N)C(C)=O. The molecule has 0 rings (SSSR count). The first-order valence-corrected chi connectivity index (χ1v) is 8.23. The van der Waals surface area contributed by atoms with Gasteiger partial charge in [0.15, 0.2) is 0 Å². The fourth-order valence-corrected chi connectivity index (χ4v) is 2.99. The second-order valence-electron chi connectivity index (χ2n) is 8.44. The van der Waals surface area contributed by atoms with Gasteiger partial charge in [-0.25, -0.2) is 0 Å². The number of Topliss-reactive ketones (excluding diaryl/α,β-unsaturated/α-hetero) is 1. The van der Waals surface area contributed by atoms with Gasteiger partial charge in [0.1, 0.15) is 5.78 Å². The predicted octanol–water partition coefficient (Wildman–Crippen LogP) is 4.33. The van der Waals surface area contributed by atoms with Gasteiger partial charge >= 0.3 is 0 Å². The lowest BCUT2D eigenvalue weighted by molar-refractivity contribution is -0.128. The van der Waals surface area contributed by atoms with Crippen LogP contribution in [0.1, 0.15) is 81.1 Å². The number of hydrogen-bond acceptors (Lipinski definition) is 3. The second kappa shape index (κ2) is 7.73. The highest BCUT2D eigenvalue weighted by Gasteiger charge is 2.35. The average molecular weight is 299 g/mol. The first-order valence-electron chi connectivity index (χ1n) is 8.23. The van der Waals surface area contributed by atoms with Crippen molar-refractivity contribution in [2.24, 2.45) is 16.6 Å². The monoisotopic (exact) mass is 299 g/mol. The van der Waals surface area contributed by atoms with Crippen molar-refractivity contribution in [2.75, 3.05) is 6.61 Å². The molecule has 0 aliphatic carbocycles. The molecule has 0 aliphatic heterocycles. The maximum Gasteiger partial charge on any atom is 0.135 e. The summed E-state index contributed by atoms with van der Waals surface area (Å²) < 4.78 is 5.90. The second-order valence-corrected chi connectivity index (χ2v) is 8.44. The van der Waals surface area contributed by atoms with E-state index in [9.17, 15) is 4.79 Å². The van der Waals surface area contributed by atoms with E-state index in [1.54, 1.807) is 6.92 Å². The molecule has 126 valence electrons. The molecule has 2 atom stereocenters. The molecule has 0 aliphatic rings. The van der Waals surface area contributed by atoms with Crippen LogP contribution in [-0.4, -0.2) is 24.0 Å². The molecule has 0 saturated carbocycles. The molecule has 2 unspecified atom stereocenters. The Morgan fingerprint density at radius 1 is 1.19 bits per heavy atom. The van der Waals surface area contributed by atoms with Gasteiger partial charge in [0.05, 0.1) is 6.10 Å². The number of rotatable bonds is 10. The molecule has 0 aromatic carbocycles. The first-order chi connectivity index (χ1) is 9.31.